The van der Waals surface area contributed by atoms with Crippen LogP contribution in [0.3, 0.4) is 0 Å². The number of nitrogens with one attached hydrogen (secondary N) is 1. The third-order valence-electron chi connectivity index (χ3n) is 2.55. The molecule has 1 aromatic heterocycles. The highest BCUT2D eigenvalue weighted by molar-refractivity contribution is 9.11. The van der Waals surface area contributed by atoms with Gasteiger partial charge in [0.1, 0.15) is 10.7 Å². The lowest BCUT2D eigenvalue weighted by Crippen LogP contribution is -2.03. The second-order valence-electron chi connectivity index (χ2n) is 3.72. The molecule has 4 heteroatoms. The average Bonchev–Trinajstić information content (AvgIpc) is 2.98. The topological polar surface area (TPSA) is 21.3 Å². The van der Waals surface area contributed by atoms with Gasteiger partial charge >= 0.3 is 0 Å². The Labute approximate surface area is 112 Å². The number of hydrogen-bond donors (Lipinski definition) is 1. The summed E-state index contributed by atoms with van der Waals surface area (Å²) in [7, 11) is 0. The number of rotatable bonds is 2. The summed E-state index contributed by atoms with van der Waals surface area (Å²) in [6, 6.07) is 14.6. The second-order valence-corrected chi connectivity index (χ2v) is 5.69. The first-order valence-corrected chi connectivity index (χ1v) is 6.88. The van der Waals surface area contributed by atoms with Crippen LogP contribution in [-0.4, -0.2) is 0 Å². The van der Waals surface area contributed by atoms with Gasteiger partial charge in [0.2, 0.25) is 0 Å². The van der Waals surface area contributed by atoms with Crippen molar-refractivity contribution in [1.29, 1.82) is 0 Å². The molecule has 1 aromatic carbocycles. The summed E-state index contributed by atoms with van der Waals surface area (Å²) in [5, 5.41) is 0. The van der Waals surface area contributed by atoms with Crippen LogP contribution in [0.2, 0.25) is 0 Å². The van der Waals surface area contributed by atoms with Crippen LogP contribution in [0.1, 0.15) is 11.0 Å². The van der Waals surface area contributed by atoms with Crippen LogP contribution in [0.25, 0.3) is 10.4 Å². The van der Waals surface area contributed by atoms with E-state index in [0.29, 0.717) is 0 Å². The fourth-order valence-electron chi connectivity index (χ4n) is 1.72. The average molecular weight is 308 g/mol. The Kier molecular flexibility index (Phi) is 3.01. The van der Waals surface area contributed by atoms with Gasteiger partial charge in [0.15, 0.2) is 0 Å². The van der Waals surface area contributed by atoms with Crippen molar-refractivity contribution in [3.8, 4) is 10.4 Å². The van der Waals surface area contributed by atoms with E-state index in [1.807, 2.05) is 12.1 Å². The Bertz CT molecular complexity index is 550. The smallest absolute Gasteiger partial charge is 0.141 e. The molecule has 0 fully saturated rings. The van der Waals surface area contributed by atoms with Crippen LogP contribution in [0.15, 0.2) is 53.1 Å². The van der Waals surface area contributed by atoms with E-state index in [9.17, 15) is 0 Å². The lowest BCUT2D eigenvalue weighted by atomic mass is 10.2. The van der Waals surface area contributed by atoms with E-state index in [4.69, 9.17) is 4.84 Å². The zero-order chi connectivity index (χ0) is 11.7. The molecule has 0 aliphatic carbocycles. The van der Waals surface area contributed by atoms with Gasteiger partial charge in [0.25, 0.3) is 0 Å². The quantitative estimate of drug-likeness (QED) is 0.838. The maximum Gasteiger partial charge on any atom is 0.141 e. The van der Waals surface area contributed by atoms with Gasteiger partial charge in [0.05, 0.1) is 0 Å². The molecule has 0 radical (unpaired) electrons. The molecule has 1 unspecified atom stereocenters. The van der Waals surface area contributed by atoms with Crippen molar-refractivity contribution in [3.05, 3.63) is 58.0 Å². The molecule has 1 aliphatic heterocycles. The monoisotopic (exact) mass is 307 g/mol. The van der Waals surface area contributed by atoms with E-state index in [2.05, 4.69) is 57.8 Å². The van der Waals surface area contributed by atoms with Gasteiger partial charge in [-0.05, 0) is 39.7 Å². The highest BCUT2D eigenvalue weighted by Crippen LogP contribution is 2.35. The van der Waals surface area contributed by atoms with Crippen LogP contribution in [0, 0.1) is 0 Å². The highest BCUT2D eigenvalue weighted by Gasteiger charge is 2.18. The molecule has 0 saturated carbocycles. The molecule has 2 aromatic rings. The summed E-state index contributed by atoms with van der Waals surface area (Å²) in [4.78, 5) is 7.89. The van der Waals surface area contributed by atoms with Crippen molar-refractivity contribution in [2.45, 2.75) is 6.10 Å². The van der Waals surface area contributed by atoms with Crippen molar-refractivity contribution < 1.29 is 4.84 Å². The van der Waals surface area contributed by atoms with Gasteiger partial charge in [0, 0.05) is 9.75 Å². The molecule has 2 heterocycles. The van der Waals surface area contributed by atoms with E-state index in [1.165, 1.54) is 15.3 Å². The summed E-state index contributed by atoms with van der Waals surface area (Å²) in [5.41, 5.74) is 4.05. The largest absolute Gasteiger partial charge is 0.262 e. The summed E-state index contributed by atoms with van der Waals surface area (Å²) < 4.78 is 0.886. The Morgan fingerprint density at radius 3 is 2.65 bits per heavy atom. The first kappa shape index (κ1) is 11.0. The van der Waals surface area contributed by atoms with Crippen LogP contribution in [-0.2, 0) is 4.84 Å². The zero-order valence-electron chi connectivity index (χ0n) is 8.89. The number of halogens is 1. The van der Waals surface area contributed by atoms with E-state index >= 15 is 0 Å². The van der Waals surface area contributed by atoms with Crippen molar-refractivity contribution in [3.63, 3.8) is 0 Å². The fraction of sp³-hybridized carbons (Fsp3) is 0.0769. The van der Waals surface area contributed by atoms with Gasteiger partial charge in [-0.15, -0.1) is 11.3 Å². The van der Waals surface area contributed by atoms with Gasteiger partial charge in [-0.3, -0.25) is 10.3 Å². The van der Waals surface area contributed by atoms with E-state index in [1.54, 1.807) is 11.3 Å². The SMILES string of the molecule is BrC1=CC(c2ccc(-c3ccccc3)s2)ON1. The predicted octanol–water partition coefficient (Wildman–Crippen LogP) is 4.23. The molecule has 3 rings (SSSR count). The summed E-state index contributed by atoms with van der Waals surface area (Å²) in [6.07, 6.45) is 2.02. The minimum atomic E-state index is 0.00633. The molecular weight excluding hydrogens is 298 g/mol. The molecule has 86 valence electrons. The Morgan fingerprint density at radius 1 is 1.12 bits per heavy atom. The number of benzene rings is 1. The molecule has 0 amide bonds. The summed E-state index contributed by atoms with van der Waals surface area (Å²) in [5.74, 6) is 0. The second kappa shape index (κ2) is 4.64. The van der Waals surface area contributed by atoms with Crippen molar-refractivity contribution >= 4 is 27.3 Å². The standard InChI is InChI=1S/C13H10BrNOS/c14-13-8-10(16-15-13)12-7-6-11(17-12)9-4-2-1-3-5-9/h1-8,10,15H. The zero-order valence-corrected chi connectivity index (χ0v) is 11.3. The Balaban J connectivity index is 1.89. The predicted molar refractivity (Wildman–Crippen MR) is 73.7 cm³/mol. The molecule has 0 bridgehead atoms. The van der Waals surface area contributed by atoms with Crippen LogP contribution in [0.5, 0.6) is 0 Å². The lowest BCUT2D eigenvalue weighted by molar-refractivity contribution is 0.0477. The fourth-order valence-corrected chi connectivity index (χ4v) is 3.07. The normalized spacial score (nSPS) is 18.9. The molecule has 17 heavy (non-hydrogen) atoms. The van der Waals surface area contributed by atoms with Crippen molar-refractivity contribution in [1.82, 2.24) is 5.48 Å². The Morgan fingerprint density at radius 2 is 1.94 bits per heavy atom. The minimum absolute atomic E-state index is 0.00633. The van der Waals surface area contributed by atoms with Gasteiger partial charge in [-0.25, -0.2) is 0 Å². The minimum Gasteiger partial charge on any atom is -0.262 e. The van der Waals surface area contributed by atoms with Crippen molar-refractivity contribution in [2.24, 2.45) is 0 Å². The third kappa shape index (κ3) is 2.29. The maximum absolute atomic E-state index is 5.42. The first-order chi connectivity index (χ1) is 8.33. The Hall–Kier alpha value is -1.10. The molecule has 1 N–H and O–H groups in total. The van der Waals surface area contributed by atoms with Crippen LogP contribution < -0.4 is 5.48 Å². The highest BCUT2D eigenvalue weighted by atomic mass is 79.9. The van der Waals surface area contributed by atoms with Crippen LogP contribution >= 0.6 is 27.3 Å². The molecule has 2 nitrogen and oxygen atoms in total. The molecule has 1 atom stereocenters. The van der Waals surface area contributed by atoms with Crippen LogP contribution in [0.4, 0.5) is 0 Å². The van der Waals surface area contributed by atoms with E-state index in [0.717, 1.165) is 4.61 Å². The third-order valence-corrected chi connectivity index (χ3v) is 4.17. The number of thiophene rings is 1. The summed E-state index contributed by atoms with van der Waals surface area (Å²) >= 11 is 5.11. The van der Waals surface area contributed by atoms with Gasteiger partial charge in [-0.1, -0.05) is 30.3 Å². The lowest BCUT2D eigenvalue weighted by Gasteiger charge is -2.03. The molecule has 0 saturated heterocycles. The molecule has 1 aliphatic rings. The first-order valence-electron chi connectivity index (χ1n) is 5.27. The van der Waals surface area contributed by atoms with Gasteiger partial charge < -0.3 is 0 Å². The summed E-state index contributed by atoms with van der Waals surface area (Å²) in [6.45, 7) is 0. The molecule has 0 spiro atoms. The maximum atomic E-state index is 5.42. The van der Waals surface area contributed by atoms with Gasteiger partial charge in [-0.2, -0.15) is 0 Å². The number of hydroxylamine groups is 1. The van der Waals surface area contributed by atoms with E-state index in [-0.39, 0.29) is 6.10 Å². The van der Waals surface area contributed by atoms with E-state index < -0.39 is 0 Å². The molecular formula is C13H10BrNOS. The van der Waals surface area contributed by atoms with Crippen molar-refractivity contribution in [2.75, 3.05) is 0 Å². The number of hydrogen-bond acceptors (Lipinski definition) is 3.